The SMILES string of the molecule is CCCC(c1nc2cc(C)c(Br)cc2c(=O)n1CC)N1CCCN(C)CC1. The highest BCUT2D eigenvalue weighted by Gasteiger charge is 2.26. The van der Waals surface area contributed by atoms with E-state index in [1.807, 2.05) is 30.5 Å². The molecule has 2 heterocycles. The van der Waals surface area contributed by atoms with Crippen molar-refractivity contribution in [2.75, 3.05) is 33.2 Å². The van der Waals surface area contributed by atoms with Crippen LogP contribution in [0.3, 0.4) is 0 Å². The Morgan fingerprint density at radius 2 is 1.96 bits per heavy atom. The van der Waals surface area contributed by atoms with E-state index in [-0.39, 0.29) is 11.6 Å². The van der Waals surface area contributed by atoms with Crippen LogP contribution in [0.4, 0.5) is 0 Å². The maximum atomic E-state index is 13.2. The summed E-state index contributed by atoms with van der Waals surface area (Å²) >= 11 is 3.56. The van der Waals surface area contributed by atoms with E-state index in [0.29, 0.717) is 11.9 Å². The number of likely N-dealkylation sites (N-methyl/N-ethyl adjacent to an activating group) is 1. The Hall–Kier alpha value is -1.24. The lowest BCUT2D eigenvalue weighted by atomic mass is 10.1. The van der Waals surface area contributed by atoms with Crippen LogP contribution in [-0.2, 0) is 6.54 Å². The molecule has 27 heavy (non-hydrogen) atoms. The number of aromatic nitrogens is 2. The van der Waals surface area contributed by atoms with E-state index in [4.69, 9.17) is 4.98 Å². The summed E-state index contributed by atoms with van der Waals surface area (Å²) in [4.78, 5) is 23.2. The van der Waals surface area contributed by atoms with Crippen molar-refractivity contribution in [2.24, 2.45) is 0 Å². The summed E-state index contributed by atoms with van der Waals surface area (Å²) in [6.45, 7) is 11.2. The highest BCUT2D eigenvalue weighted by molar-refractivity contribution is 9.10. The van der Waals surface area contributed by atoms with Crippen LogP contribution in [-0.4, -0.2) is 52.6 Å². The van der Waals surface area contributed by atoms with E-state index in [9.17, 15) is 4.79 Å². The Morgan fingerprint density at radius 3 is 2.67 bits per heavy atom. The lowest BCUT2D eigenvalue weighted by molar-refractivity contribution is 0.180. The summed E-state index contributed by atoms with van der Waals surface area (Å²) in [7, 11) is 2.19. The summed E-state index contributed by atoms with van der Waals surface area (Å²) in [5.41, 5.74) is 2.00. The van der Waals surface area contributed by atoms with Gasteiger partial charge in [-0.15, -0.1) is 0 Å². The van der Waals surface area contributed by atoms with Crippen molar-refractivity contribution in [3.8, 4) is 0 Å². The van der Waals surface area contributed by atoms with Crippen LogP contribution in [0, 0.1) is 6.92 Å². The maximum Gasteiger partial charge on any atom is 0.261 e. The van der Waals surface area contributed by atoms with Crippen LogP contribution < -0.4 is 5.56 Å². The molecule has 6 heteroatoms. The zero-order valence-electron chi connectivity index (χ0n) is 17.0. The standard InChI is InChI=1S/C21H31BrN4O/c1-5-8-19(25-10-7-9-24(4)11-12-25)20-23-18-13-15(3)17(22)14-16(18)21(27)26(20)6-2/h13-14,19H,5-12H2,1-4H3. The molecule has 0 amide bonds. The maximum absolute atomic E-state index is 13.2. The number of aryl methyl sites for hydroxylation is 1. The van der Waals surface area contributed by atoms with E-state index in [1.165, 1.54) is 0 Å². The summed E-state index contributed by atoms with van der Waals surface area (Å²) < 4.78 is 2.85. The van der Waals surface area contributed by atoms with Gasteiger partial charge in [-0.1, -0.05) is 29.3 Å². The molecule has 148 valence electrons. The van der Waals surface area contributed by atoms with Crippen LogP contribution >= 0.6 is 15.9 Å². The van der Waals surface area contributed by atoms with Crippen LogP contribution in [0.2, 0.25) is 0 Å². The first kappa shape index (κ1) is 20.5. The van der Waals surface area contributed by atoms with Gasteiger partial charge in [-0.05, 0) is 58.0 Å². The molecule has 0 aliphatic carbocycles. The van der Waals surface area contributed by atoms with Crippen molar-refractivity contribution in [1.29, 1.82) is 0 Å². The lowest BCUT2D eigenvalue weighted by Crippen LogP contribution is -2.37. The number of hydrogen-bond donors (Lipinski definition) is 0. The van der Waals surface area contributed by atoms with Gasteiger partial charge in [0.15, 0.2) is 0 Å². The second kappa shape index (κ2) is 8.84. The second-order valence-electron chi connectivity index (χ2n) is 7.64. The van der Waals surface area contributed by atoms with E-state index >= 15 is 0 Å². The molecule has 1 atom stereocenters. The van der Waals surface area contributed by atoms with Crippen molar-refractivity contribution < 1.29 is 0 Å². The van der Waals surface area contributed by atoms with Crippen molar-refractivity contribution >= 4 is 26.8 Å². The second-order valence-corrected chi connectivity index (χ2v) is 8.49. The van der Waals surface area contributed by atoms with E-state index in [2.05, 4.69) is 39.7 Å². The fraction of sp³-hybridized carbons (Fsp3) is 0.619. The number of halogens is 1. The van der Waals surface area contributed by atoms with Gasteiger partial charge < -0.3 is 4.90 Å². The van der Waals surface area contributed by atoms with Crippen molar-refractivity contribution in [3.05, 3.63) is 38.3 Å². The highest BCUT2D eigenvalue weighted by atomic mass is 79.9. The minimum absolute atomic E-state index is 0.0752. The van der Waals surface area contributed by atoms with Crippen molar-refractivity contribution in [2.45, 2.75) is 52.6 Å². The molecule has 5 nitrogen and oxygen atoms in total. The first-order chi connectivity index (χ1) is 13.0. The van der Waals surface area contributed by atoms with Gasteiger partial charge in [0.05, 0.1) is 16.9 Å². The monoisotopic (exact) mass is 434 g/mol. The topological polar surface area (TPSA) is 41.4 Å². The number of rotatable bonds is 5. The molecule has 0 spiro atoms. The van der Waals surface area contributed by atoms with Crippen LogP contribution in [0.25, 0.3) is 10.9 Å². The number of benzene rings is 1. The lowest BCUT2D eigenvalue weighted by Gasteiger charge is -2.31. The van der Waals surface area contributed by atoms with Gasteiger partial charge in [-0.3, -0.25) is 14.3 Å². The molecule has 1 saturated heterocycles. The molecule has 1 aromatic heterocycles. The van der Waals surface area contributed by atoms with Gasteiger partial charge in [-0.2, -0.15) is 0 Å². The Kier molecular flexibility index (Phi) is 6.71. The average Bonchev–Trinajstić information content (AvgIpc) is 2.86. The van der Waals surface area contributed by atoms with Gasteiger partial charge in [0.2, 0.25) is 0 Å². The molecule has 1 aliphatic rings. The summed E-state index contributed by atoms with van der Waals surface area (Å²) in [6, 6.07) is 4.15. The zero-order valence-corrected chi connectivity index (χ0v) is 18.5. The smallest absolute Gasteiger partial charge is 0.261 e. The van der Waals surface area contributed by atoms with Crippen LogP contribution in [0.5, 0.6) is 0 Å². The highest BCUT2D eigenvalue weighted by Crippen LogP contribution is 2.28. The molecule has 3 rings (SSSR count). The summed E-state index contributed by atoms with van der Waals surface area (Å²) in [5.74, 6) is 0.933. The third-order valence-corrected chi connectivity index (χ3v) is 6.49. The van der Waals surface area contributed by atoms with Crippen LogP contribution in [0.1, 0.15) is 50.5 Å². The van der Waals surface area contributed by atoms with E-state index in [0.717, 1.165) is 66.8 Å². The third-order valence-electron chi connectivity index (χ3n) is 5.64. The molecular formula is C21H31BrN4O. The fourth-order valence-corrected chi connectivity index (χ4v) is 4.39. The number of nitrogens with zero attached hydrogens (tertiary/aromatic N) is 4. The molecule has 1 aromatic carbocycles. The number of hydrogen-bond acceptors (Lipinski definition) is 4. The van der Waals surface area contributed by atoms with Crippen molar-refractivity contribution in [1.82, 2.24) is 19.4 Å². The average molecular weight is 435 g/mol. The van der Waals surface area contributed by atoms with E-state index in [1.54, 1.807) is 0 Å². The molecule has 0 bridgehead atoms. The molecule has 1 aliphatic heterocycles. The molecular weight excluding hydrogens is 404 g/mol. The fourth-order valence-electron chi connectivity index (χ4n) is 4.05. The Bertz CT molecular complexity index is 863. The largest absolute Gasteiger partial charge is 0.305 e. The minimum Gasteiger partial charge on any atom is -0.305 e. The summed E-state index contributed by atoms with van der Waals surface area (Å²) in [6.07, 6.45) is 3.26. The Balaban J connectivity index is 2.13. The van der Waals surface area contributed by atoms with Gasteiger partial charge in [0.1, 0.15) is 5.82 Å². The van der Waals surface area contributed by atoms with Gasteiger partial charge in [0.25, 0.3) is 5.56 Å². The van der Waals surface area contributed by atoms with Crippen molar-refractivity contribution in [3.63, 3.8) is 0 Å². The molecule has 1 fully saturated rings. The quantitative estimate of drug-likeness (QED) is 0.713. The predicted molar refractivity (Wildman–Crippen MR) is 115 cm³/mol. The Morgan fingerprint density at radius 1 is 1.19 bits per heavy atom. The normalized spacial score (nSPS) is 18.0. The first-order valence-corrected chi connectivity index (χ1v) is 10.9. The molecule has 0 radical (unpaired) electrons. The van der Waals surface area contributed by atoms with Crippen LogP contribution in [0.15, 0.2) is 21.4 Å². The molecule has 0 saturated carbocycles. The third kappa shape index (κ3) is 4.28. The first-order valence-electron chi connectivity index (χ1n) is 10.1. The Labute approximate surface area is 170 Å². The van der Waals surface area contributed by atoms with Gasteiger partial charge in [0, 0.05) is 30.7 Å². The van der Waals surface area contributed by atoms with E-state index < -0.39 is 0 Å². The summed E-state index contributed by atoms with van der Waals surface area (Å²) in [5, 5.41) is 0.698. The minimum atomic E-state index is 0.0752. The molecule has 2 aromatic rings. The number of fused-ring (bicyclic) bond motifs is 1. The van der Waals surface area contributed by atoms with Gasteiger partial charge >= 0.3 is 0 Å². The predicted octanol–water partition coefficient (Wildman–Crippen LogP) is 3.97. The van der Waals surface area contributed by atoms with Gasteiger partial charge in [-0.25, -0.2) is 4.98 Å². The zero-order chi connectivity index (χ0) is 19.6. The molecule has 0 N–H and O–H groups in total. The molecule has 1 unspecified atom stereocenters.